The molecule has 21 heavy (non-hydrogen) atoms. The lowest BCUT2D eigenvalue weighted by Crippen LogP contribution is -2.24. The molecule has 0 amide bonds. The summed E-state index contributed by atoms with van der Waals surface area (Å²) in [6, 6.07) is 12.3. The van der Waals surface area contributed by atoms with Crippen molar-refractivity contribution in [3.05, 3.63) is 42.0 Å². The van der Waals surface area contributed by atoms with E-state index in [4.69, 9.17) is 22.7 Å². The minimum Gasteiger partial charge on any atom is -0.389 e. The van der Waals surface area contributed by atoms with Gasteiger partial charge in [-0.3, -0.25) is 0 Å². The molecule has 0 fully saturated rings. The fourth-order valence-corrected chi connectivity index (χ4v) is 2.55. The molecule has 0 bridgehead atoms. The van der Waals surface area contributed by atoms with Gasteiger partial charge in [0.05, 0.1) is 12.7 Å². The van der Waals surface area contributed by atoms with Crippen molar-refractivity contribution in [2.24, 2.45) is 5.73 Å². The van der Waals surface area contributed by atoms with Gasteiger partial charge in [0.25, 0.3) is 0 Å². The van der Waals surface area contributed by atoms with Gasteiger partial charge in [0.2, 0.25) is 0 Å². The van der Waals surface area contributed by atoms with Crippen LogP contribution in [-0.4, -0.2) is 31.3 Å². The summed E-state index contributed by atoms with van der Waals surface area (Å²) in [7, 11) is 2.08. The van der Waals surface area contributed by atoms with Gasteiger partial charge >= 0.3 is 0 Å². The Morgan fingerprint density at radius 1 is 1.19 bits per heavy atom. The van der Waals surface area contributed by atoms with Gasteiger partial charge in [0.1, 0.15) is 4.99 Å². The summed E-state index contributed by atoms with van der Waals surface area (Å²) < 4.78 is 5.63. The van der Waals surface area contributed by atoms with Crippen molar-refractivity contribution in [2.75, 3.05) is 25.1 Å². The number of nitrogens with two attached hydrogens (primary N) is 1. The smallest absolute Gasteiger partial charge is 0.104 e. The van der Waals surface area contributed by atoms with E-state index in [0.29, 0.717) is 11.6 Å². The molecule has 0 aliphatic rings. The standard InChI is InChI=1S/C17H22N2OS/c1-12(2)20-11-10-19(3)16-9-8-15(17(18)21)13-6-4-5-7-14(13)16/h4-9,12H,10-11H2,1-3H3,(H2,18,21). The van der Waals surface area contributed by atoms with Gasteiger partial charge in [-0.05, 0) is 31.4 Å². The third kappa shape index (κ3) is 3.71. The Bertz CT molecular complexity index is 640. The average molecular weight is 302 g/mol. The third-order valence-corrected chi connectivity index (χ3v) is 3.68. The van der Waals surface area contributed by atoms with Crippen LogP contribution in [0.15, 0.2) is 36.4 Å². The number of nitrogens with zero attached hydrogens (tertiary/aromatic N) is 1. The van der Waals surface area contributed by atoms with E-state index >= 15 is 0 Å². The van der Waals surface area contributed by atoms with Crippen LogP contribution in [0, 0.1) is 0 Å². The van der Waals surface area contributed by atoms with Crippen molar-refractivity contribution >= 4 is 33.7 Å². The van der Waals surface area contributed by atoms with Crippen LogP contribution in [0.2, 0.25) is 0 Å². The van der Waals surface area contributed by atoms with Gasteiger partial charge in [-0.15, -0.1) is 0 Å². The fourth-order valence-electron chi connectivity index (χ4n) is 2.38. The fraction of sp³-hybridized carbons (Fsp3) is 0.353. The molecule has 0 heterocycles. The van der Waals surface area contributed by atoms with E-state index in [-0.39, 0.29) is 6.10 Å². The molecule has 112 valence electrons. The number of anilines is 1. The topological polar surface area (TPSA) is 38.5 Å². The second kappa shape index (κ2) is 6.87. The molecule has 0 aromatic heterocycles. The summed E-state index contributed by atoms with van der Waals surface area (Å²) in [6.07, 6.45) is 0.257. The van der Waals surface area contributed by atoms with E-state index < -0.39 is 0 Å². The molecule has 0 aliphatic heterocycles. The Labute approximate surface area is 131 Å². The number of benzene rings is 2. The first kappa shape index (κ1) is 15.7. The Kier molecular flexibility index (Phi) is 5.15. The highest BCUT2D eigenvalue weighted by molar-refractivity contribution is 7.80. The number of likely N-dealkylation sites (N-methyl/N-ethyl adjacent to an activating group) is 1. The molecule has 0 saturated carbocycles. The second-order valence-electron chi connectivity index (χ2n) is 5.38. The molecule has 0 radical (unpaired) electrons. The Hall–Kier alpha value is -1.65. The van der Waals surface area contributed by atoms with Crippen LogP contribution in [-0.2, 0) is 4.74 Å². The van der Waals surface area contributed by atoms with E-state index in [2.05, 4.69) is 30.1 Å². The molecule has 0 aliphatic carbocycles. The van der Waals surface area contributed by atoms with Crippen molar-refractivity contribution < 1.29 is 4.74 Å². The molecular formula is C17H22N2OS. The first-order valence-electron chi connectivity index (χ1n) is 7.15. The number of thiocarbonyl (C=S) groups is 1. The molecule has 3 nitrogen and oxygen atoms in total. The monoisotopic (exact) mass is 302 g/mol. The van der Waals surface area contributed by atoms with Gasteiger partial charge in [-0.1, -0.05) is 36.5 Å². The van der Waals surface area contributed by atoms with Gasteiger partial charge in [-0.25, -0.2) is 0 Å². The lowest BCUT2D eigenvalue weighted by Gasteiger charge is -2.22. The number of hydrogen-bond donors (Lipinski definition) is 1. The van der Waals surface area contributed by atoms with E-state index in [1.54, 1.807) is 0 Å². The van der Waals surface area contributed by atoms with Crippen LogP contribution in [0.5, 0.6) is 0 Å². The maximum absolute atomic E-state index is 5.82. The Morgan fingerprint density at radius 2 is 1.86 bits per heavy atom. The van der Waals surface area contributed by atoms with E-state index in [1.165, 1.54) is 0 Å². The summed E-state index contributed by atoms with van der Waals surface area (Å²) in [5, 5.41) is 2.26. The second-order valence-corrected chi connectivity index (χ2v) is 5.82. The highest BCUT2D eigenvalue weighted by Gasteiger charge is 2.10. The summed E-state index contributed by atoms with van der Waals surface area (Å²) in [4.78, 5) is 2.64. The molecule has 0 unspecified atom stereocenters. The minimum atomic E-state index is 0.257. The first-order chi connectivity index (χ1) is 10.0. The van der Waals surface area contributed by atoms with Crippen molar-refractivity contribution in [1.29, 1.82) is 0 Å². The maximum atomic E-state index is 5.82. The van der Waals surface area contributed by atoms with E-state index in [0.717, 1.165) is 28.6 Å². The number of fused-ring (bicyclic) bond motifs is 1. The summed E-state index contributed by atoms with van der Waals surface area (Å²) in [5.41, 5.74) is 7.91. The zero-order valence-electron chi connectivity index (χ0n) is 12.8. The van der Waals surface area contributed by atoms with Crippen molar-refractivity contribution in [3.8, 4) is 0 Å². The largest absolute Gasteiger partial charge is 0.389 e. The number of hydrogen-bond acceptors (Lipinski definition) is 3. The summed E-state index contributed by atoms with van der Waals surface area (Å²) in [5.74, 6) is 0. The predicted molar refractivity (Wildman–Crippen MR) is 94.2 cm³/mol. The average Bonchev–Trinajstić information content (AvgIpc) is 2.45. The van der Waals surface area contributed by atoms with E-state index in [1.807, 2.05) is 32.0 Å². The first-order valence-corrected chi connectivity index (χ1v) is 7.56. The van der Waals surface area contributed by atoms with Crippen LogP contribution >= 0.6 is 12.2 Å². The SMILES string of the molecule is CC(C)OCCN(C)c1ccc(C(N)=S)c2ccccc12. The molecule has 2 aromatic carbocycles. The highest BCUT2D eigenvalue weighted by atomic mass is 32.1. The predicted octanol–water partition coefficient (Wildman–Crippen LogP) is 3.34. The van der Waals surface area contributed by atoms with Crippen LogP contribution in [0.1, 0.15) is 19.4 Å². The van der Waals surface area contributed by atoms with Crippen LogP contribution in [0.4, 0.5) is 5.69 Å². The van der Waals surface area contributed by atoms with Crippen LogP contribution in [0.3, 0.4) is 0 Å². The van der Waals surface area contributed by atoms with Gasteiger partial charge < -0.3 is 15.4 Å². The third-order valence-electron chi connectivity index (χ3n) is 3.46. The molecule has 0 saturated heterocycles. The van der Waals surface area contributed by atoms with Crippen LogP contribution < -0.4 is 10.6 Å². The molecule has 4 heteroatoms. The highest BCUT2D eigenvalue weighted by Crippen LogP contribution is 2.28. The Morgan fingerprint density at radius 3 is 2.48 bits per heavy atom. The van der Waals surface area contributed by atoms with Crippen LogP contribution in [0.25, 0.3) is 10.8 Å². The van der Waals surface area contributed by atoms with Gasteiger partial charge in [-0.2, -0.15) is 0 Å². The number of rotatable bonds is 6. The zero-order chi connectivity index (χ0) is 15.4. The Balaban J connectivity index is 2.32. The maximum Gasteiger partial charge on any atom is 0.104 e. The molecule has 2 aromatic rings. The molecule has 0 spiro atoms. The quantitative estimate of drug-likeness (QED) is 0.831. The summed E-state index contributed by atoms with van der Waals surface area (Å²) >= 11 is 5.14. The van der Waals surface area contributed by atoms with Crippen molar-refractivity contribution in [1.82, 2.24) is 0 Å². The van der Waals surface area contributed by atoms with Gasteiger partial charge in [0.15, 0.2) is 0 Å². The molecular weight excluding hydrogens is 280 g/mol. The van der Waals surface area contributed by atoms with Crippen molar-refractivity contribution in [3.63, 3.8) is 0 Å². The molecule has 2 N–H and O–H groups in total. The molecule has 2 rings (SSSR count). The number of ether oxygens (including phenoxy) is 1. The van der Waals surface area contributed by atoms with E-state index in [9.17, 15) is 0 Å². The minimum absolute atomic E-state index is 0.257. The summed E-state index contributed by atoms with van der Waals surface area (Å²) in [6.45, 7) is 5.65. The molecule has 0 atom stereocenters. The van der Waals surface area contributed by atoms with Gasteiger partial charge in [0, 0.05) is 30.2 Å². The normalized spacial score (nSPS) is 11.0. The lowest BCUT2D eigenvalue weighted by molar-refractivity contribution is 0.0846. The zero-order valence-corrected chi connectivity index (χ0v) is 13.6. The lowest BCUT2D eigenvalue weighted by atomic mass is 10.0. The van der Waals surface area contributed by atoms with Crippen molar-refractivity contribution in [2.45, 2.75) is 20.0 Å².